The minimum atomic E-state index is -0.515. The molecule has 0 radical (unpaired) electrons. The zero-order chi connectivity index (χ0) is 19.8. The quantitative estimate of drug-likeness (QED) is 0.633. The van der Waals surface area contributed by atoms with Crippen LogP contribution in [-0.2, 0) is 29.3 Å². The first-order valence-electron chi connectivity index (χ1n) is 8.83. The van der Waals surface area contributed by atoms with Gasteiger partial charge in [-0.15, -0.1) is 0 Å². The second-order valence-corrected chi connectivity index (χ2v) is 6.15. The van der Waals surface area contributed by atoms with Gasteiger partial charge in [-0.3, -0.25) is 0 Å². The standard InChI is InChI=1S/C23H20O5/c24-14-18-11-12-21(23(26)27-15-17-7-3-1-4-8-17)20(13-18)16-28-22(25)19-9-5-2-6-10-19/h1-13,24H,14-16H2. The molecule has 0 heterocycles. The van der Waals surface area contributed by atoms with Crippen molar-refractivity contribution in [2.45, 2.75) is 19.8 Å². The van der Waals surface area contributed by atoms with E-state index in [4.69, 9.17) is 9.47 Å². The molecule has 0 aliphatic heterocycles. The molecular formula is C23H20O5. The van der Waals surface area contributed by atoms with E-state index in [9.17, 15) is 14.7 Å². The van der Waals surface area contributed by atoms with E-state index in [0.717, 1.165) is 5.56 Å². The molecule has 0 saturated carbocycles. The van der Waals surface area contributed by atoms with Gasteiger partial charge in [-0.25, -0.2) is 9.59 Å². The number of hydrogen-bond donors (Lipinski definition) is 1. The Kier molecular flexibility index (Phi) is 6.54. The fourth-order valence-electron chi connectivity index (χ4n) is 2.67. The van der Waals surface area contributed by atoms with Crippen LogP contribution >= 0.6 is 0 Å². The Labute approximate surface area is 163 Å². The van der Waals surface area contributed by atoms with Crippen molar-refractivity contribution in [1.82, 2.24) is 0 Å². The SMILES string of the molecule is O=C(OCc1cc(CO)ccc1C(=O)OCc1ccccc1)c1ccccc1. The molecule has 0 aliphatic carbocycles. The molecule has 3 rings (SSSR count). The second-order valence-electron chi connectivity index (χ2n) is 6.15. The van der Waals surface area contributed by atoms with Crippen molar-refractivity contribution in [2.75, 3.05) is 0 Å². The molecule has 0 aromatic heterocycles. The van der Waals surface area contributed by atoms with Gasteiger partial charge in [0, 0.05) is 5.56 Å². The Morgan fingerprint density at radius 1 is 0.714 bits per heavy atom. The van der Waals surface area contributed by atoms with Crippen molar-refractivity contribution in [3.63, 3.8) is 0 Å². The summed E-state index contributed by atoms with van der Waals surface area (Å²) in [4.78, 5) is 24.7. The highest BCUT2D eigenvalue weighted by Gasteiger charge is 2.16. The topological polar surface area (TPSA) is 72.8 Å². The van der Waals surface area contributed by atoms with Gasteiger partial charge in [0.2, 0.25) is 0 Å². The van der Waals surface area contributed by atoms with Crippen molar-refractivity contribution in [2.24, 2.45) is 0 Å². The highest BCUT2D eigenvalue weighted by atomic mass is 16.5. The molecule has 3 aromatic rings. The van der Waals surface area contributed by atoms with E-state index in [0.29, 0.717) is 22.3 Å². The number of carbonyl (C=O) groups excluding carboxylic acids is 2. The van der Waals surface area contributed by atoms with E-state index in [1.165, 1.54) is 0 Å². The van der Waals surface area contributed by atoms with Crippen LogP contribution < -0.4 is 0 Å². The smallest absolute Gasteiger partial charge is 0.338 e. The Morgan fingerprint density at radius 2 is 1.36 bits per heavy atom. The van der Waals surface area contributed by atoms with Gasteiger partial charge < -0.3 is 14.6 Å². The summed E-state index contributed by atoms with van der Waals surface area (Å²) in [6, 6.07) is 22.8. The fourth-order valence-corrected chi connectivity index (χ4v) is 2.67. The molecule has 0 saturated heterocycles. The van der Waals surface area contributed by atoms with Crippen LogP contribution in [0.2, 0.25) is 0 Å². The molecule has 0 spiro atoms. The summed E-state index contributed by atoms with van der Waals surface area (Å²) in [5.74, 6) is -1.00. The maximum absolute atomic E-state index is 12.5. The Morgan fingerprint density at radius 3 is 2.04 bits per heavy atom. The summed E-state index contributed by atoms with van der Waals surface area (Å²) in [5, 5.41) is 9.38. The maximum Gasteiger partial charge on any atom is 0.338 e. The lowest BCUT2D eigenvalue weighted by Crippen LogP contribution is -2.12. The summed E-state index contributed by atoms with van der Waals surface area (Å²) in [5.41, 5.74) is 2.70. The predicted octanol–water partition coefficient (Wildman–Crippen LogP) is 3.89. The molecule has 0 fully saturated rings. The molecule has 1 N–H and O–H groups in total. The summed E-state index contributed by atoms with van der Waals surface area (Å²) >= 11 is 0. The van der Waals surface area contributed by atoms with Crippen LogP contribution in [0.15, 0.2) is 78.9 Å². The number of benzene rings is 3. The molecule has 0 aliphatic rings. The van der Waals surface area contributed by atoms with Crippen LogP contribution in [0.4, 0.5) is 0 Å². The minimum Gasteiger partial charge on any atom is -0.457 e. The zero-order valence-electron chi connectivity index (χ0n) is 15.2. The van der Waals surface area contributed by atoms with E-state index < -0.39 is 11.9 Å². The summed E-state index contributed by atoms with van der Waals surface area (Å²) < 4.78 is 10.7. The van der Waals surface area contributed by atoms with Crippen LogP contribution in [0.3, 0.4) is 0 Å². The molecule has 0 atom stereocenters. The molecule has 28 heavy (non-hydrogen) atoms. The molecule has 3 aromatic carbocycles. The van der Waals surface area contributed by atoms with E-state index in [1.807, 2.05) is 36.4 Å². The fraction of sp³-hybridized carbons (Fsp3) is 0.130. The number of aliphatic hydroxyl groups is 1. The van der Waals surface area contributed by atoms with Crippen LogP contribution in [0.25, 0.3) is 0 Å². The average molecular weight is 376 g/mol. The first kappa shape index (κ1) is 19.3. The Hall–Kier alpha value is -3.44. The zero-order valence-corrected chi connectivity index (χ0v) is 15.2. The van der Waals surface area contributed by atoms with E-state index in [-0.39, 0.29) is 19.8 Å². The van der Waals surface area contributed by atoms with Crippen molar-refractivity contribution < 1.29 is 24.2 Å². The molecule has 0 bridgehead atoms. The van der Waals surface area contributed by atoms with Gasteiger partial charge in [0.05, 0.1) is 17.7 Å². The summed E-state index contributed by atoms with van der Waals surface area (Å²) in [6.45, 7) is -0.138. The third-order valence-corrected chi connectivity index (χ3v) is 4.15. The summed E-state index contributed by atoms with van der Waals surface area (Å²) in [7, 11) is 0. The van der Waals surface area contributed by atoms with Gasteiger partial charge in [-0.2, -0.15) is 0 Å². The third kappa shape index (κ3) is 5.05. The number of hydrogen-bond acceptors (Lipinski definition) is 5. The lowest BCUT2D eigenvalue weighted by Gasteiger charge is -2.12. The van der Waals surface area contributed by atoms with Crippen molar-refractivity contribution in [3.8, 4) is 0 Å². The number of aliphatic hydroxyl groups excluding tert-OH is 1. The molecular weight excluding hydrogens is 356 g/mol. The van der Waals surface area contributed by atoms with Gasteiger partial charge >= 0.3 is 11.9 Å². The van der Waals surface area contributed by atoms with Gasteiger partial charge in [0.15, 0.2) is 0 Å². The van der Waals surface area contributed by atoms with Crippen molar-refractivity contribution in [1.29, 1.82) is 0 Å². The largest absolute Gasteiger partial charge is 0.457 e. The van der Waals surface area contributed by atoms with Crippen LogP contribution in [-0.4, -0.2) is 17.0 Å². The highest BCUT2D eigenvalue weighted by Crippen LogP contribution is 2.17. The van der Waals surface area contributed by atoms with E-state index >= 15 is 0 Å². The van der Waals surface area contributed by atoms with E-state index in [2.05, 4.69) is 0 Å². The molecule has 0 amide bonds. The number of ether oxygens (including phenoxy) is 2. The lowest BCUT2D eigenvalue weighted by atomic mass is 10.0. The minimum absolute atomic E-state index is 0.0999. The number of esters is 2. The van der Waals surface area contributed by atoms with Gasteiger partial charge in [-0.05, 0) is 35.4 Å². The highest BCUT2D eigenvalue weighted by molar-refractivity contribution is 5.92. The lowest BCUT2D eigenvalue weighted by molar-refractivity contribution is 0.0430. The second kappa shape index (κ2) is 9.48. The Balaban J connectivity index is 1.72. The number of rotatable bonds is 7. The third-order valence-electron chi connectivity index (χ3n) is 4.15. The molecule has 0 unspecified atom stereocenters. The Bertz CT molecular complexity index is 936. The van der Waals surface area contributed by atoms with Crippen LogP contribution in [0, 0.1) is 0 Å². The van der Waals surface area contributed by atoms with Crippen LogP contribution in [0.1, 0.15) is 37.4 Å². The van der Waals surface area contributed by atoms with Gasteiger partial charge in [0.1, 0.15) is 13.2 Å². The van der Waals surface area contributed by atoms with Gasteiger partial charge in [0.25, 0.3) is 0 Å². The number of carbonyl (C=O) groups is 2. The summed E-state index contributed by atoms with van der Waals surface area (Å²) in [6.07, 6.45) is 0. The van der Waals surface area contributed by atoms with E-state index in [1.54, 1.807) is 42.5 Å². The monoisotopic (exact) mass is 376 g/mol. The van der Waals surface area contributed by atoms with Crippen molar-refractivity contribution >= 4 is 11.9 Å². The molecule has 5 nitrogen and oxygen atoms in total. The molecule has 5 heteroatoms. The normalized spacial score (nSPS) is 10.3. The first-order chi connectivity index (χ1) is 13.7. The average Bonchev–Trinajstić information content (AvgIpc) is 2.76. The molecule has 142 valence electrons. The van der Waals surface area contributed by atoms with Crippen LogP contribution in [0.5, 0.6) is 0 Å². The maximum atomic E-state index is 12.5. The predicted molar refractivity (Wildman–Crippen MR) is 103 cm³/mol. The van der Waals surface area contributed by atoms with Gasteiger partial charge in [-0.1, -0.05) is 54.6 Å². The first-order valence-corrected chi connectivity index (χ1v) is 8.83. The van der Waals surface area contributed by atoms with Crippen molar-refractivity contribution in [3.05, 3.63) is 107 Å².